The fourth-order valence-electron chi connectivity index (χ4n) is 3.56. The molecule has 2 saturated carbocycles. The van der Waals surface area contributed by atoms with Gasteiger partial charge < -0.3 is 5.32 Å². The van der Waals surface area contributed by atoms with Gasteiger partial charge in [0.25, 0.3) is 0 Å². The minimum absolute atomic E-state index is 0.266. The summed E-state index contributed by atoms with van der Waals surface area (Å²) in [6.07, 6.45) is 11.1. The van der Waals surface area contributed by atoms with Crippen LogP contribution in [0, 0.1) is 11.8 Å². The van der Waals surface area contributed by atoms with Crippen molar-refractivity contribution in [3.05, 3.63) is 0 Å². The molecule has 0 spiro atoms. The smallest absolute Gasteiger partial charge is 0.0406 e. The fraction of sp³-hybridized carbons (Fsp3) is 1.00. The van der Waals surface area contributed by atoms with Crippen LogP contribution in [0.2, 0.25) is 0 Å². The van der Waals surface area contributed by atoms with Crippen LogP contribution in [0.1, 0.15) is 58.3 Å². The molecule has 0 saturated heterocycles. The first kappa shape index (κ1) is 12.7. The Bertz CT molecular complexity index is 213. The summed E-state index contributed by atoms with van der Waals surface area (Å²) in [5.74, 6) is 2.57. The SMILES string of the molecule is CC1CCCC(CCl)(NCC2CCCC2)C1. The number of hydrogen-bond donors (Lipinski definition) is 1. The van der Waals surface area contributed by atoms with Crippen molar-refractivity contribution in [1.82, 2.24) is 5.32 Å². The zero-order valence-corrected chi connectivity index (χ0v) is 11.4. The Morgan fingerprint density at radius 3 is 2.56 bits per heavy atom. The highest BCUT2D eigenvalue weighted by Crippen LogP contribution is 2.34. The average molecular weight is 244 g/mol. The summed E-state index contributed by atoms with van der Waals surface area (Å²) in [7, 11) is 0. The van der Waals surface area contributed by atoms with E-state index in [0.29, 0.717) is 0 Å². The van der Waals surface area contributed by atoms with E-state index in [2.05, 4.69) is 12.2 Å². The maximum Gasteiger partial charge on any atom is 0.0406 e. The van der Waals surface area contributed by atoms with Crippen LogP contribution < -0.4 is 5.32 Å². The van der Waals surface area contributed by atoms with Gasteiger partial charge in [0.2, 0.25) is 0 Å². The average Bonchev–Trinajstić information content (AvgIpc) is 2.79. The number of halogens is 1. The van der Waals surface area contributed by atoms with E-state index < -0.39 is 0 Å². The summed E-state index contributed by atoms with van der Waals surface area (Å²) < 4.78 is 0. The van der Waals surface area contributed by atoms with Crippen molar-refractivity contribution in [3.8, 4) is 0 Å². The van der Waals surface area contributed by atoms with Gasteiger partial charge in [0, 0.05) is 11.4 Å². The summed E-state index contributed by atoms with van der Waals surface area (Å²) in [6.45, 7) is 3.58. The van der Waals surface area contributed by atoms with Crippen molar-refractivity contribution in [2.75, 3.05) is 12.4 Å². The highest BCUT2D eigenvalue weighted by Gasteiger charge is 2.34. The molecule has 2 atom stereocenters. The molecule has 0 bridgehead atoms. The van der Waals surface area contributed by atoms with Crippen LogP contribution in [0.5, 0.6) is 0 Å². The van der Waals surface area contributed by atoms with Crippen molar-refractivity contribution in [2.24, 2.45) is 11.8 Å². The van der Waals surface area contributed by atoms with Gasteiger partial charge in [0.05, 0.1) is 0 Å². The molecule has 0 radical (unpaired) electrons. The van der Waals surface area contributed by atoms with Crippen molar-refractivity contribution >= 4 is 11.6 Å². The quantitative estimate of drug-likeness (QED) is 0.738. The molecule has 1 nitrogen and oxygen atoms in total. The zero-order chi connectivity index (χ0) is 11.4. The van der Waals surface area contributed by atoms with Gasteiger partial charge in [-0.2, -0.15) is 0 Å². The van der Waals surface area contributed by atoms with Crippen molar-refractivity contribution in [1.29, 1.82) is 0 Å². The minimum atomic E-state index is 0.266. The third kappa shape index (κ3) is 3.13. The molecular weight excluding hydrogens is 218 g/mol. The molecule has 0 aromatic heterocycles. The van der Waals surface area contributed by atoms with Crippen LogP contribution >= 0.6 is 11.6 Å². The Balaban J connectivity index is 1.83. The van der Waals surface area contributed by atoms with E-state index in [-0.39, 0.29) is 5.54 Å². The number of rotatable bonds is 4. The van der Waals surface area contributed by atoms with Gasteiger partial charge in [-0.05, 0) is 44.1 Å². The molecule has 0 amide bonds. The fourth-order valence-corrected chi connectivity index (χ4v) is 3.90. The Morgan fingerprint density at radius 1 is 1.19 bits per heavy atom. The molecule has 2 heteroatoms. The molecule has 0 heterocycles. The normalized spacial score (nSPS) is 36.8. The first-order valence-corrected chi connectivity index (χ1v) is 7.58. The molecule has 16 heavy (non-hydrogen) atoms. The lowest BCUT2D eigenvalue weighted by Gasteiger charge is -2.40. The van der Waals surface area contributed by atoms with Crippen LogP contribution in [0.15, 0.2) is 0 Å². The molecule has 94 valence electrons. The molecule has 1 N–H and O–H groups in total. The molecule has 0 aliphatic heterocycles. The summed E-state index contributed by atoms with van der Waals surface area (Å²) in [5, 5.41) is 3.83. The molecular formula is C14H26ClN. The van der Waals surface area contributed by atoms with E-state index in [1.54, 1.807) is 0 Å². The predicted octanol–water partition coefficient (Wildman–Crippen LogP) is 3.95. The summed E-state index contributed by atoms with van der Waals surface area (Å²) >= 11 is 6.23. The lowest BCUT2D eigenvalue weighted by Crippen LogP contribution is -2.51. The van der Waals surface area contributed by atoms with Crippen molar-refractivity contribution in [3.63, 3.8) is 0 Å². The van der Waals surface area contributed by atoms with Gasteiger partial charge in [-0.25, -0.2) is 0 Å². The molecule has 0 aromatic carbocycles. The highest BCUT2D eigenvalue weighted by atomic mass is 35.5. The summed E-state index contributed by atoms with van der Waals surface area (Å²) in [6, 6.07) is 0. The van der Waals surface area contributed by atoms with Crippen LogP contribution in [-0.4, -0.2) is 18.0 Å². The van der Waals surface area contributed by atoms with Gasteiger partial charge in [-0.3, -0.25) is 0 Å². The zero-order valence-electron chi connectivity index (χ0n) is 10.6. The van der Waals surface area contributed by atoms with E-state index in [1.165, 1.54) is 57.9 Å². The van der Waals surface area contributed by atoms with Gasteiger partial charge in [-0.1, -0.05) is 32.6 Å². The van der Waals surface area contributed by atoms with E-state index in [4.69, 9.17) is 11.6 Å². The molecule has 0 aromatic rings. The second kappa shape index (κ2) is 5.73. The number of nitrogens with one attached hydrogen (secondary N) is 1. The van der Waals surface area contributed by atoms with E-state index in [9.17, 15) is 0 Å². The second-order valence-electron chi connectivity index (χ2n) is 6.15. The first-order valence-electron chi connectivity index (χ1n) is 7.05. The highest BCUT2D eigenvalue weighted by molar-refractivity contribution is 6.18. The van der Waals surface area contributed by atoms with Crippen LogP contribution in [0.4, 0.5) is 0 Å². The lowest BCUT2D eigenvalue weighted by atomic mass is 9.77. The Kier molecular flexibility index (Phi) is 4.55. The largest absolute Gasteiger partial charge is 0.310 e. The lowest BCUT2D eigenvalue weighted by molar-refractivity contribution is 0.200. The molecule has 2 unspecified atom stereocenters. The molecule has 2 aliphatic rings. The first-order chi connectivity index (χ1) is 7.74. The number of hydrogen-bond acceptors (Lipinski definition) is 1. The number of alkyl halides is 1. The minimum Gasteiger partial charge on any atom is -0.310 e. The standard InChI is InChI=1S/C14H26ClN/c1-12-5-4-8-14(9-12,11-15)16-10-13-6-2-3-7-13/h12-13,16H,2-11H2,1H3. The predicted molar refractivity (Wildman–Crippen MR) is 71.0 cm³/mol. The second-order valence-corrected chi connectivity index (χ2v) is 6.41. The van der Waals surface area contributed by atoms with E-state index in [1.807, 2.05) is 0 Å². The molecule has 2 rings (SSSR count). The monoisotopic (exact) mass is 243 g/mol. The van der Waals surface area contributed by atoms with Crippen molar-refractivity contribution < 1.29 is 0 Å². The topological polar surface area (TPSA) is 12.0 Å². The summed E-state index contributed by atoms with van der Waals surface area (Å²) in [5.41, 5.74) is 0.266. The van der Waals surface area contributed by atoms with Crippen LogP contribution in [0.25, 0.3) is 0 Å². The van der Waals surface area contributed by atoms with Gasteiger partial charge in [0.15, 0.2) is 0 Å². The van der Waals surface area contributed by atoms with Gasteiger partial charge in [0.1, 0.15) is 0 Å². The van der Waals surface area contributed by atoms with Gasteiger partial charge >= 0.3 is 0 Å². The van der Waals surface area contributed by atoms with E-state index >= 15 is 0 Å². The molecule has 2 aliphatic carbocycles. The van der Waals surface area contributed by atoms with E-state index in [0.717, 1.165) is 17.7 Å². The molecule has 2 fully saturated rings. The van der Waals surface area contributed by atoms with Crippen LogP contribution in [-0.2, 0) is 0 Å². The summed E-state index contributed by atoms with van der Waals surface area (Å²) in [4.78, 5) is 0. The maximum absolute atomic E-state index is 6.23. The third-order valence-electron chi connectivity index (χ3n) is 4.59. The van der Waals surface area contributed by atoms with Crippen LogP contribution in [0.3, 0.4) is 0 Å². The maximum atomic E-state index is 6.23. The van der Waals surface area contributed by atoms with Gasteiger partial charge in [-0.15, -0.1) is 11.6 Å². The van der Waals surface area contributed by atoms with Crippen molar-refractivity contribution in [2.45, 2.75) is 63.8 Å². The Hall–Kier alpha value is 0.250. The third-order valence-corrected chi connectivity index (χ3v) is 5.10. The Labute approximate surface area is 105 Å². The Morgan fingerprint density at radius 2 is 1.94 bits per heavy atom.